The minimum absolute atomic E-state index is 0.545. The van der Waals surface area contributed by atoms with E-state index in [1.807, 2.05) is 6.20 Å². The maximum Gasteiger partial charge on any atom is 0.113 e. The molecule has 0 unspecified atom stereocenters. The number of rotatable bonds is 5. The summed E-state index contributed by atoms with van der Waals surface area (Å²) in [6.07, 6.45) is 7.97. The lowest BCUT2D eigenvalue weighted by Crippen LogP contribution is -1.90. The number of hydrogen-bond acceptors (Lipinski definition) is 1. The first-order chi connectivity index (χ1) is 8.24. The largest absolute Gasteiger partial charge is 0.248 e. The molecular weight excluding hydrogens is 206 g/mol. The van der Waals surface area contributed by atoms with Crippen LogP contribution in [0.15, 0.2) is 18.3 Å². The molecule has 0 atom stereocenters. The Bertz CT molecular complexity index is 382. The summed E-state index contributed by atoms with van der Waals surface area (Å²) in [6, 6.07) is 4.17. The van der Waals surface area contributed by atoms with Crippen molar-refractivity contribution in [2.75, 3.05) is 0 Å². The molecule has 1 nitrogen and oxygen atoms in total. The van der Waals surface area contributed by atoms with Crippen LogP contribution in [0, 0.1) is 11.8 Å². The number of hydrogen-bond donors (Lipinski definition) is 0. The molecule has 0 bridgehead atoms. The standard InChI is InChI=1S/C16H23N/c1-4-5-6-7-8-9-10-16-13-15(14(2)3)11-12-17-16/h11-14H,4-8H2,1-3H3. The fraction of sp³-hybridized carbons (Fsp3) is 0.562. The molecule has 0 aliphatic heterocycles. The summed E-state index contributed by atoms with van der Waals surface area (Å²) >= 11 is 0. The van der Waals surface area contributed by atoms with Gasteiger partial charge in [-0.05, 0) is 36.0 Å². The second-order valence-electron chi connectivity index (χ2n) is 4.74. The summed E-state index contributed by atoms with van der Waals surface area (Å²) in [5.74, 6) is 6.91. The minimum atomic E-state index is 0.545. The van der Waals surface area contributed by atoms with E-state index in [1.165, 1.54) is 31.2 Å². The molecule has 1 aromatic heterocycles. The molecule has 0 aliphatic carbocycles. The van der Waals surface area contributed by atoms with E-state index < -0.39 is 0 Å². The lowest BCUT2D eigenvalue weighted by Gasteiger charge is -2.03. The van der Waals surface area contributed by atoms with Crippen LogP contribution >= 0.6 is 0 Å². The monoisotopic (exact) mass is 229 g/mol. The summed E-state index contributed by atoms with van der Waals surface area (Å²) < 4.78 is 0. The number of pyridine rings is 1. The lowest BCUT2D eigenvalue weighted by molar-refractivity contribution is 0.679. The van der Waals surface area contributed by atoms with Crippen molar-refractivity contribution >= 4 is 0 Å². The van der Waals surface area contributed by atoms with Crippen molar-refractivity contribution in [2.45, 2.75) is 58.8 Å². The van der Waals surface area contributed by atoms with Crippen LogP contribution in [0.5, 0.6) is 0 Å². The molecule has 92 valence electrons. The molecule has 0 radical (unpaired) electrons. The average molecular weight is 229 g/mol. The topological polar surface area (TPSA) is 12.9 Å². The van der Waals surface area contributed by atoms with Crippen molar-refractivity contribution in [1.82, 2.24) is 4.98 Å². The first-order valence-electron chi connectivity index (χ1n) is 6.69. The molecule has 1 heteroatoms. The molecule has 0 saturated carbocycles. The molecule has 1 aromatic rings. The van der Waals surface area contributed by atoms with Gasteiger partial charge in [-0.2, -0.15) is 0 Å². The highest BCUT2D eigenvalue weighted by Crippen LogP contribution is 2.13. The predicted molar refractivity (Wildman–Crippen MR) is 74.0 cm³/mol. The van der Waals surface area contributed by atoms with Gasteiger partial charge in [-0.1, -0.05) is 46.0 Å². The van der Waals surface area contributed by atoms with Crippen LogP contribution < -0.4 is 0 Å². The Balaban J connectivity index is 2.45. The average Bonchev–Trinajstić information content (AvgIpc) is 2.34. The van der Waals surface area contributed by atoms with Gasteiger partial charge in [-0.3, -0.25) is 0 Å². The minimum Gasteiger partial charge on any atom is -0.248 e. The molecule has 0 aromatic carbocycles. The second kappa shape index (κ2) is 7.90. The van der Waals surface area contributed by atoms with Crippen molar-refractivity contribution < 1.29 is 0 Å². The van der Waals surface area contributed by atoms with Gasteiger partial charge in [0.1, 0.15) is 5.69 Å². The Labute approximate surface area is 106 Å². The van der Waals surface area contributed by atoms with Gasteiger partial charge in [0.25, 0.3) is 0 Å². The van der Waals surface area contributed by atoms with E-state index in [-0.39, 0.29) is 0 Å². The zero-order valence-corrected chi connectivity index (χ0v) is 11.3. The Kier molecular flexibility index (Phi) is 6.40. The first-order valence-corrected chi connectivity index (χ1v) is 6.69. The molecule has 0 spiro atoms. The molecule has 1 rings (SSSR count). The van der Waals surface area contributed by atoms with E-state index in [0.29, 0.717) is 5.92 Å². The highest BCUT2D eigenvalue weighted by atomic mass is 14.6. The quantitative estimate of drug-likeness (QED) is 0.534. The third-order valence-corrected chi connectivity index (χ3v) is 2.82. The van der Waals surface area contributed by atoms with E-state index in [2.05, 4.69) is 49.7 Å². The summed E-state index contributed by atoms with van der Waals surface area (Å²) in [7, 11) is 0. The number of unbranched alkanes of at least 4 members (excludes halogenated alkanes) is 4. The van der Waals surface area contributed by atoms with E-state index in [1.54, 1.807) is 0 Å². The van der Waals surface area contributed by atoms with Crippen LogP contribution in [0.25, 0.3) is 0 Å². The summed E-state index contributed by atoms with van der Waals surface area (Å²) in [5, 5.41) is 0. The molecule has 0 amide bonds. The van der Waals surface area contributed by atoms with Crippen LogP contribution in [-0.4, -0.2) is 4.98 Å². The maximum absolute atomic E-state index is 4.28. The zero-order chi connectivity index (χ0) is 12.5. The van der Waals surface area contributed by atoms with Crippen molar-refractivity contribution in [3.8, 4) is 11.8 Å². The van der Waals surface area contributed by atoms with Gasteiger partial charge < -0.3 is 0 Å². The van der Waals surface area contributed by atoms with Gasteiger partial charge in [0.05, 0.1) is 0 Å². The maximum atomic E-state index is 4.28. The van der Waals surface area contributed by atoms with Gasteiger partial charge in [-0.25, -0.2) is 4.98 Å². The highest BCUT2D eigenvalue weighted by molar-refractivity contribution is 5.31. The molecule has 1 heterocycles. The molecule has 0 saturated heterocycles. The Morgan fingerprint density at radius 2 is 2.06 bits per heavy atom. The van der Waals surface area contributed by atoms with Gasteiger partial charge in [0.15, 0.2) is 0 Å². The van der Waals surface area contributed by atoms with Crippen molar-refractivity contribution in [1.29, 1.82) is 0 Å². The molecule has 17 heavy (non-hydrogen) atoms. The van der Waals surface area contributed by atoms with Crippen LogP contribution in [0.4, 0.5) is 0 Å². The first kappa shape index (κ1) is 13.8. The van der Waals surface area contributed by atoms with E-state index in [9.17, 15) is 0 Å². The van der Waals surface area contributed by atoms with Crippen LogP contribution in [-0.2, 0) is 0 Å². The van der Waals surface area contributed by atoms with Crippen LogP contribution in [0.1, 0.15) is 70.1 Å². The Morgan fingerprint density at radius 1 is 1.24 bits per heavy atom. The summed E-state index contributed by atoms with van der Waals surface area (Å²) in [6.45, 7) is 6.61. The lowest BCUT2D eigenvalue weighted by atomic mass is 10.0. The third-order valence-electron chi connectivity index (χ3n) is 2.82. The predicted octanol–water partition coefficient (Wildman–Crippen LogP) is 4.53. The van der Waals surface area contributed by atoms with Crippen molar-refractivity contribution in [3.05, 3.63) is 29.6 Å². The zero-order valence-electron chi connectivity index (χ0n) is 11.3. The van der Waals surface area contributed by atoms with Gasteiger partial charge in [0.2, 0.25) is 0 Å². The Morgan fingerprint density at radius 3 is 2.76 bits per heavy atom. The smallest absolute Gasteiger partial charge is 0.113 e. The van der Waals surface area contributed by atoms with Gasteiger partial charge in [-0.15, -0.1) is 0 Å². The summed E-state index contributed by atoms with van der Waals surface area (Å²) in [5.41, 5.74) is 2.22. The van der Waals surface area contributed by atoms with Crippen LogP contribution in [0.3, 0.4) is 0 Å². The number of nitrogens with zero attached hydrogens (tertiary/aromatic N) is 1. The van der Waals surface area contributed by atoms with Gasteiger partial charge in [0, 0.05) is 12.6 Å². The molecule has 0 N–H and O–H groups in total. The third kappa shape index (κ3) is 5.54. The van der Waals surface area contributed by atoms with E-state index >= 15 is 0 Å². The highest BCUT2D eigenvalue weighted by Gasteiger charge is 1.98. The molecule has 0 aliphatic rings. The normalized spacial score (nSPS) is 10.1. The fourth-order valence-electron chi connectivity index (χ4n) is 1.67. The van der Waals surface area contributed by atoms with Crippen molar-refractivity contribution in [3.63, 3.8) is 0 Å². The molecule has 0 fully saturated rings. The fourth-order valence-corrected chi connectivity index (χ4v) is 1.67. The number of aromatic nitrogens is 1. The van der Waals surface area contributed by atoms with Gasteiger partial charge >= 0.3 is 0 Å². The van der Waals surface area contributed by atoms with E-state index in [0.717, 1.165) is 12.1 Å². The summed E-state index contributed by atoms with van der Waals surface area (Å²) in [4.78, 5) is 4.28. The van der Waals surface area contributed by atoms with Crippen molar-refractivity contribution in [2.24, 2.45) is 0 Å². The second-order valence-corrected chi connectivity index (χ2v) is 4.74. The molecular formula is C16H23N. The van der Waals surface area contributed by atoms with E-state index in [4.69, 9.17) is 0 Å². The Hall–Kier alpha value is -1.29. The van der Waals surface area contributed by atoms with Crippen LogP contribution in [0.2, 0.25) is 0 Å². The SMILES string of the molecule is CCCCCCC#Cc1cc(C(C)C)ccn1.